The number of nitro benzene ring substituents is 1. The number of nitro groups is 1. The molecule has 0 unspecified atom stereocenters. The summed E-state index contributed by atoms with van der Waals surface area (Å²) in [6, 6.07) is 13.5. The van der Waals surface area contributed by atoms with Crippen LogP contribution in [0.4, 0.5) is 24.5 Å². The average molecular weight is 585 g/mol. The summed E-state index contributed by atoms with van der Waals surface area (Å²) in [5.74, 6) is -5.27. The lowest BCUT2D eigenvalue weighted by Crippen LogP contribution is -2.47. The topological polar surface area (TPSA) is 107 Å². The molecule has 1 aliphatic carbocycles. The molecule has 0 N–H and O–H groups in total. The Morgan fingerprint density at radius 1 is 1.10 bits per heavy atom. The van der Waals surface area contributed by atoms with E-state index in [1.54, 1.807) is 24.4 Å². The molecule has 3 aromatic rings. The smallest absolute Gasteiger partial charge is 0.418 e. The summed E-state index contributed by atoms with van der Waals surface area (Å²) in [6.07, 6.45) is -5.33. The van der Waals surface area contributed by atoms with Crippen molar-refractivity contribution in [2.45, 2.75) is 37.8 Å². The third-order valence-corrected chi connectivity index (χ3v) is 8.31. The molecule has 0 bridgehead atoms. The Hall–Kier alpha value is -4.32. The third-order valence-electron chi connectivity index (χ3n) is 7.30. The lowest BCUT2D eigenvalue weighted by molar-refractivity contribution is -0.384. The average Bonchev–Trinajstić information content (AvgIpc) is 3.47. The Balaban J connectivity index is 1.77. The molecule has 1 amide bonds. The molecule has 0 spiro atoms. The van der Waals surface area contributed by atoms with Gasteiger partial charge in [0.2, 0.25) is 5.91 Å². The number of hydrogen-bond donors (Lipinski definition) is 0. The van der Waals surface area contributed by atoms with E-state index in [4.69, 9.17) is 4.74 Å². The number of ether oxygens (including phenoxy) is 1. The van der Waals surface area contributed by atoms with E-state index in [1.807, 2.05) is 0 Å². The number of hydrogen-bond acceptors (Lipinski definition) is 7. The summed E-state index contributed by atoms with van der Waals surface area (Å²) in [6.45, 7) is 1.60. The van der Waals surface area contributed by atoms with Gasteiger partial charge in [-0.05, 0) is 42.5 Å². The summed E-state index contributed by atoms with van der Waals surface area (Å²) in [5, 5.41) is 13.2. The van der Waals surface area contributed by atoms with Crippen molar-refractivity contribution < 1.29 is 37.2 Å². The van der Waals surface area contributed by atoms with Crippen molar-refractivity contribution in [2.75, 3.05) is 11.5 Å². The van der Waals surface area contributed by atoms with Crippen LogP contribution in [0.3, 0.4) is 0 Å². The second kappa shape index (κ2) is 10.9. The van der Waals surface area contributed by atoms with E-state index in [-0.39, 0.29) is 35.5 Å². The highest BCUT2D eigenvalue weighted by Gasteiger charge is 2.51. The van der Waals surface area contributed by atoms with Gasteiger partial charge in [-0.15, -0.1) is 11.3 Å². The van der Waals surface area contributed by atoms with E-state index in [1.165, 1.54) is 53.8 Å². The number of alkyl halides is 3. The van der Waals surface area contributed by atoms with E-state index in [9.17, 15) is 37.7 Å². The van der Waals surface area contributed by atoms with E-state index in [0.29, 0.717) is 4.88 Å². The number of nitrogens with zero attached hydrogens (tertiary/aromatic N) is 2. The van der Waals surface area contributed by atoms with E-state index in [2.05, 4.69) is 0 Å². The minimum Gasteiger partial charge on any atom is -0.465 e. The first kappa shape index (κ1) is 28.2. The predicted molar refractivity (Wildman–Crippen MR) is 143 cm³/mol. The monoisotopic (exact) mass is 584 g/mol. The minimum atomic E-state index is -4.80. The van der Waals surface area contributed by atoms with Crippen LogP contribution in [0.2, 0.25) is 0 Å². The van der Waals surface area contributed by atoms with Crippen molar-refractivity contribution in [1.29, 1.82) is 0 Å². The molecule has 12 heteroatoms. The van der Waals surface area contributed by atoms with Gasteiger partial charge < -0.3 is 4.74 Å². The number of non-ortho nitro benzene ring substituents is 1. The predicted octanol–water partition coefficient (Wildman–Crippen LogP) is 6.39. The molecule has 41 heavy (non-hydrogen) atoms. The zero-order valence-corrected chi connectivity index (χ0v) is 22.4. The lowest BCUT2D eigenvalue weighted by atomic mass is 9.69. The highest BCUT2D eigenvalue weighted by molar-refractivity contribution is 7.10. The van der Waals surface area contributed by atoms with Gasteiger partial charge in [-0.2, -0.15) is 13.2 Å². The fraction of sp³-hybridized carbons (Fsp3) is 0.276. The van der Waals surface area contributed by atoms with Crippen LogP contribution >= 0.6 is 11.3 Å². The maximum atomic E-state index is 14.3. The van der Waals surface area contributed by atoms with Gasteiger partial charge in [0, 0.05) is 46.5 Å². The Labute approximate surface area is 236 Å². The normalized spacial score (nSPS) is 21.1. The molecule has 0 fully saturated rings. The van der Waals surface area contributed by atoms with Gasteiger partial charge in [0.15, 0.2) is 5.78 Å². The number of esters is 1. The SMILES string of the molecule is CCOC(=O)[C@@H]1C(=O)C2=C(C[C@@H]1c1cccs1)N(c1ccccc1C(F)(F)F)C(=O)C[C@H]2c1cccc([N+](=O)[O-])c1. The number of carbonyl (C=O) groups excluding carboxylic acids is 3. The number of rotatable bonds is 6. The van der Waals surface area contributed by atoms with Crippen LogP contribution < -0.4 is 4.90 Å². The molecule has 0 saturated carbocycles. The molecule has 5 rings (SSSR count). The minimum absolute atomic E-state index is 0.00353. The van der Waals surface area contributed by atoms with Crippen LogP contribution in [-0.4, -0.2) is 29.2 Å². The number of carbonyl (C=O) groups is 3. The van der Waals surface area contributed by atoms with Crippen molar-refractivity contribution >= 4 is 40.4 Å². The van der Waals surface area contributed by atoms with Gasteiger partial charge in [0.1, 0.15) is 5.92 Å². The Morgan fingerprint density at radius 2 is 1.85 bits per heavy atom. The molecule has 2 aromatic carbocycles. The largest absolute Gasteiger partial charge is 0.465 e. The number of allylic oxidation sites excluding steroid dienone is 2. The third kappa shape index (κ3) is 5.15. The molecular weight excluding hydrogens is 561 g/mol. The summed E-state index contributed by atoms with van der Waals surface area (Å²) >= 11 is 1.28. The lowest BCUT2D eigenvalue weighted by Gasteiger charge is -2.42. The van der Waals surface area contributed by atoms with Crippen LogP contribution in [0.1, 0.15) is 47.6 Å². The van der Waals surface area contributed by atoms with Gasteiger partial charge >= 0.3 is 12.1 Å². The van der Waals surface area contributed by atoms with Gasteiger partial charge in [0.25, 0.3) is 5.69 Å². The molecule has 1 aromatic heterocycles. The fourth-order valence-electron chi connectivity index (χ4n) is 5.63. The molecular formula is C29H23F3N2O6S. The first-order chi connectivity index (χ1) is 19.5. The van der Waals surface area contributed by atoms with Crippen LogP contribution in [0.25, 0.3) is 0 Å². The van der Waals surface area contributed by atoms with E-state index < -0.39 is 64.2 Å². The molecule has 1 aliphatic heterocycles. The molecule has 8 nitrogen and oxygen atoms in total. The summed E-state index contributed by atoms with van der Waals surface area (Å²) in [5.41, 5.74) is -1.46. The molecule has 0 saturated heterocycles. The van der Waals surface area contributed by atoms with Gasteiger partial charge in [-0.1, -0.05) is 30.3 Å². The molecule has 212 valence electrons. The van der Waals surface area contributed by atoms with Crippen molar-refractivity contribution in [2.24, 2.45) is 5.92 Å². The maximum Gasteiger partial charge on any atom is 0.418 e. The molecule has 0 radical (unpaired) electrons. The Bertz CT molecular complexity index is 1570. The number of anilines is 1. The van der Waals surface area contributed by atoms with E-state index in [0.717, 1.165) is 11.0 Å². The Morgan fingerprint density at radius 3 is 2.51 bits per heavy atom. The second-order valence-electron chi connectivity index (χ2n) is 9.63. The molecule has 3 atom stereocenters. The summed E-state index contributed by atoms with van der Waals surface area (Å²) < 4.78 is 47.6. The van der Waals surface area contributed by atoms with Crippen LogP contribution in [-0.2, 0) is 25.3 Å². The van der Waals surface area contributed by atoms with Crippen LogP contribution in [0, 0.1) is 16.0 Å². The van der Waals surface area contributed by atoms with Crippen molar-refractivity contribution in [3.8, 4) is 0 Å². The molecule has 2 aliphatic rings. The number of para-hydroxylation sites is 1. The summed E-state index contributed by atoms with van der Waals surface area (Å²) in [4.78, 5) is 53.7. The number of amides is 1. The van der Waals surface area contributed by atoms with Gasteiger partial charge in [-0.3, -0.25) is 29.4 Å². The second-order valence-corrected chi connectivity index (χ2v) is 10.6. The van der Waals surface area contributed by atoms with Gasteiger partial charge in [-0.25, -0.2) is 0 Å². The zero-order chi connectivity index (χ0) is 29.5. The number of thiophene rings is 1. The van der Waals surface area contributed by atoms with Crippen molar-refractivity contribution in [3.05, 3.63) is 103 Å². The first-order valence-corrected chi connectivity index (χ1v) is 13.6. The maximum absolute atomic E-state index is 14.3. The van der Waals surface area contributed by atoms with Crippen LogP contribution in [0.15, 0.2) is 77.3 Å². The number of Topliss-reactive ketones (excluding diaryl/α,β-unsaturated/α-hetero) is 1. The quantitative estimate of drug-likeness (QED) is 0.144. The first-order valence-electron chi connectivity index (χ1n) is 12.7. The highest BCUT2D eigenvalue weighted by atomic mass is 32.1. The van der Waals surface area contributed by atoms with Crippen molar-refractivity contribution in [3.63, 3.8) is 0 Å². The standard InChI is InChI=1S/C29H23F3N2O6S/c1-2-40-28(37)26-19(23-11-6-12-41-23)14-22-25(27(26)36)18(16-7-5-8-17(13-16)34(38)39)15-24(35)33(22)21-10-4-3-9-20(21)29(30,31)32/h3-13,18-19,26H,2,14-15H2,1H3/t18-,19+,26-/m0/s1. The summed E-state index contributed by atoms with van der Waals surface area (Å²) in [7, 11) is 0. The van der Waals surface area contributed by atoms with E-state index >= 15 is 0 Å². The number of ketones is 1. The number of benzene rings is 2. The number of halogens is 3. The highest BCUT2D eigenvalue weighted by Crippen LogP contribution is 2.51. The molecule has 2 heterocycles. The Kier molecular flexibility index (Phi) is 7.52. The fourth-order valence-corrected chi connectivity index (χ4v) is 6.50. The zero-order valence-electron chi connectivity index (χ0n) is 21.6. The van der Waals surface area contributed by atoms with Crippen LogP contribution in [0.5, 0.6) is 0 Å². The van der Waals surface area contributed by atoms with Gasteiger partial charge in [0.05, 0.1) is 22.8 Å². The van der Waals surface area contributed by atoms with Crippen molar-refractivity contribution in [1.82, 2.24) is 0 Å².